The largest absolute Gasteiger partial charge is 0.170 e. The first-order chi connectivity index (χ1) is 2.27. The Hall–Kier alpha value is 0.460. The predicted octanol–water partition coefficient (Wildman–Crippen LogP) is 0.932. The molecule has 0 spiro atoms. The first kappa shape index (κ1) is 5.46. The van der Waals surface area contributed by atoms with Gasteiger partial charge in [-0.3, -0.25) is 0 Å². The molecule has 4 heteroatoms. The Morgan fingerprint density at radius 2 is 2.00 bits per heavy atom. The maximum Gasteiger partial charge on any atom is 0.170 e. The number of rotatable bonds is 0. The minimum Gasteiger partial charge on any atom is -0.163 e. The molecule has 0 aliphatic carbocycles. The number of nitrogens with zero attached hydrogens (tertiary/aromatic N) is 1. The van der Waals surface area contributed by atoms with Crippen molar-refractivity contribution in [1.82, 2.24) is 0 Å². The second kappa shape index (κ2) is 2.68. The lowest BCUT2D eigenvalue weighted by molar-refractivity contribution is 1.97. The van der Waals surface area contributed by atoms with Crippen LogP contribution in [0.5, 0.6) is 0 Å². The third-order valence-corrected chi connectivity index (χ3v) is 0.703. The van der Waals surface area contributed by atoms with Crippen LogP contribution in [0.4, 0.5) is 0 Å². The summed E-state index contributed by atoms with van der Waals surface area (Å²) in [5.41, 5.74) is 0. The summed E-state index contributed by atoms with van der Waals surface area (Å²) >= 11 is 11.9. The number of thiocarbonyl (C=S) groups is 1. The minimum atomic E-state index is 0.222. The van der Waals surface area contributed by atoms with Crippen LogP contribution in [-0.2, 0) is 12.4 Å². The second-order valence-electron chi connectivity index (χ2n) is 0.374. The highest BCUT2D eigenvalue weighted by molar-refractivity contribution is 8.11. The molecule has 5 heavy (non-hydrogen) atoms. The molecule has 0 unspecified atom stereocenters. The van der Waals surface area contributed by atoms with E-state index in [1.807, 2.05) is 0 Å². The molecule has 0 amide bonds. The van der Waals surface area contributed by atoms with E-state index in [0.29, 0.717) is 0 Å². The summed E-state index contributed by atoms with van der Waals surface area (Å²) in [6.45, 7) is 0. The van der Waals surface area contributed by atoms with Crippen molar-refractivity contribution in [2.45, 2.75) is 0 Å². The number of hydrogen-bond donors (Lipinski definition) is 1. The Morgan fingerprint density at radius 1 is 1.80 bits per heavy atom. The van der Waals surface area contributed by atoms with Gasteiger partial charge in [0.25, 0.3) is 0 Å². The van der Waals surface area contributed by atoms with Crippen molar-refractivity contribution in [3.05, 3.63) is 0 Å². The Balaban J connectivity index is 3.20. The van der Waals surface area contributed by atoms with Gasteiger partial charge in [-0.25, -0.2) is 0 Å². The molecule has 1 nitrogen and oxygen atoms in total. The topological polar surface area (TPSA) is 12.4 Å². The van der Waals surface area contributed by atoms with Crippen molar-refractivity contribution < 1.29 is 0 Å². The molecule has 0 saturated carbocycles. The maximum atomic E-state index is 4.29. The predicted molar refractivity (Wildman–Crippen MR) is 31.4 cm³/mol. The molecule has 28 valence electrons. The summed E-state index contributed by atoms with van der Waals surface area (Å²) in [6, 6.07) is 0. The molecular weight excluding hydrogens is 122 g/mol. The Morgan fingerprint density at radius 3 is 2.00 bits per heavy atom. The van der Waals surface area contributed by atoms with Gasteiger partial charge in [0.05, 0.1) is 0 Å². The fraction of sp³-hybridized carbons (Fsp3) is 0. The zero-order valence-corrected chi connectivity index (χ0v) is 4.74. The van der Waals surface area contributed by atoms with Gasteiger partial charge in [-0.1, -0.05) is 0 Å². The summed E-state index contributed by atoms with van der Waals surface area (Å²) in [6.07, 6.45) is 0. The fourth-order valence-electron chi connectivity index (χ4n) is 0. The van der Waals surface area contributed by atoms with Crippen LogP contribution in [0.25, 0.3) is 0 Å². The van der Waals surface area contributed by atoms with Gasteiger partial charge in [-0.05, 0) is 12.2 Å². The summed E-state index contributed by atoms with van der Waals surface area (Å²) in [5.74, 6) is 0. The lowest BCUT2D eigenvalue weighted by Crippen LogP contribution is -1.61. The van der Waals surface area contributed by atoms with Gasteiger partial charge in [0, 0.05) is 12.4 Å². The molecule has 0 aromatic rings. The van der Waals surface area contributed by atoms with Crippen LogP contribution >= 0.6 is 24.8 Å². The van der Waals surface area contributed by atoms with Crippen molar-refractivity contribution >= 4 is 41.6 Å². The molecule has 0 fully saturated rings. The summed E-state index contributed by atoms with van der Waals surface area (Å²) in [7, 11) is 0. The van der Waals surface area contributed by atoms with Gasteiger partial charge in [-0.2, -0.15) is 4.36 Å². The number of hydrogen-bond acceptors (Lipinski definition) is 2. The fourth-order valence-corrected chi connectivity index (χ4v) is 0. The first-order valence-electron chi connectivity index (χ1n) is 0.834. The van der Waals surface area contributed by atoms with Crippen LogP contribution in [0.15, 0.2) is 4.36 Å². The van der Waals surface area contributed by atoms with E-state index in [4.69, 9.17) is 0 Å². The normalized spacial score (nSPS) is 6.60. The van der Waals surface area contributed by atoms with Crippen LogP contribution in [0, 0.1) is 0 Å². The average molecular weight is 123 g/mol. The van der Waals surface area contributed by atoms with Crippen LogP contribution in [-0.4, -0.2) is 4.32 Å². The molecule has 0 rings (SSSR count). The SMILES string of the molecule is S=NC(=S)S. The van der Waals surface area contributed by atoms with E-state index in [1.54, 1.807) is 0 Å². The van der Waals surface area contributed by atoms with Gasteiger partial charge in [0.1, 0.15) is 0 Å². The van der Waals surface area contributed by atoms with Crippen molar-refractivity contribution in [2.24, 2.45) is 4.36 Å². The van der Waals surface area contributed by atoms with E-state index >= 15 is 0 Å². The molecule has 0 saturated heterocycles. The minimum absolute atomic E-state index is 0.222. The smallest absolute Gasteiger partial charge is 0.163 e. The van der Waals surface area contributed by atoms with Crippen LogP contribution in [0.2, 0.25) is 0 Å². The van der Waals surface area contributed by atoms with E-state index in [-0.39, 0.29) is 4.32 Å². The monoisotopic (exact) mass is 123 g/mol. The second-order valence-corrected chi connectivity index (χ2v) is 1.67. The van der Waals surface area contributed by atoms with E-state index in [1.165, 1.54) is 0 Å². The quantitative estimate of drug-likeness (QED) is 0.380. The van der Waals surface area contributed by atoms with Crippen molar-refractivity contribution in [3.8, 4) is 0 Å². The maximum absolute atomic E-state index is 4.29. The average Bonchev–Trinajstić information content (AvgIpc) is 1.38. The van der Waals surface area contributed by atoms with E-state index in [9.17, 15) is 0 Å². The van der Waals surface area contributed by atoms with E-state index < -0.39 is 0 Å². The summed E-state index contributed by atoms with van der Waals surface area (Å²) in [5, 5.41) is 0. The lowest BCUT2D eigenvalue weighted by atomic mass is 11.5. The van der Waals surface area contributed by atoms with E-state index in [0.717, 1.165) is 0 Å². The highest BCUT2D eigenvalue weighted by atomic mass is 32.1. The van der Waals surface area contributed by atoms with Gasteiger partial charge < -0.3 is 0 Å². The van der Waals surface area contributed by atoms with Gasteiger partial charge in [0.15, 0.2) is 4.32 Å². The highest BCUT2D eigenvalue weighted by Crippen LogP contribution is 1.79. The van der Waals surface area contributed by atoms with E-state index in [2.05, 4.69) is 41.6 Å². The Kier molecular flexibility index (Phi) is 2.93. The zero-order chi connectivity index (χ0) is 4.28. The van der Waals surface area contributed by atoms with Crippen molar-refractivity contribution in [2.75, 3.05) is 0 Å². The van der Waals surface area contributed by atoms with Crippen LogP contribution < -0.4 is 0 Å². The Bertz CT molecular complexity index is 57.9. The first-order valence-corrected chi connectivity index (χ1v) is 2.05. The van der Waals surface area contributed by atoms with Crippen molar-refractivity contribution in [3.63, 3.8) is 0 Å². The highest BCUT2D eigenvalue weighted by Gasteiger charge is 1.68. The third-order valence-electron chi connectivity index (χ3n) is 0.0781. The summed E-state index contributed by atoms with van der Waals surface area (Å²) < 4.78 is 3.29. The van der Waals surface area contributed by atoms with Gasteiger partial charge >= 0.3 is 0 Å². The zero-order valence-electron chi connectivity index (χ0n) is 2.21. The summed E-state index contributed by atoms with van der Waals surface area (Å²) in [4.78, 5) is 0. The standard InChI is InChI=1S/CHNS3/c3-1(4)2-5/h(H,3,4). The molecule has 0 N–H and O–H groups in total. The van der Waals surface area contributed by atoms with Gasteiger partial charge in [-0.15, -0.1) is 12.6 Å². The van der Waals surface area contributed by atoms with Crippen molar-refractivity contribution in [1.29, 1.82) is 0 Å². The lowest BCUT2D eigenvalue weighted by Gasteiger charge is -1.64. The molecule has 0 aliphatic heterocycles. The van der Waals surface area contributed by atoms with Crippen LogP contribution in [0.3, 0.4) is 0 Å². The van der Waals surface area contributed by atoms with Crippen LogP contribution in [0.1, 0.15) is 0 Å². The number of thiol groups is 1. The molecular formula is CHNS3. The molecule has 0 aliphatic rings. The molecule has 0 bridgehead atoms. The molecule has 0 aromatic carbocycles. The molecule has 0 heterocycles. The molecule has 0 atom stereocenters. The molecule has 0 radical (unpaired) electrons. The van der Waals surface area contributed by atoms with Gasteiger partial charge in [0.2, 0.25) is 0 Å². The molecule has 0 aromatic heterocycles. The Labute approximate surface area is 46.3 Å². The third kappa shape index (κ3) is 4.46.